The molecule has 4 nitrogen and oxygen atoms in total. The summed E-state index contributed by atoms with van der Waals surface area (Å²) in [6, 6.07) is -0.968. The number of halogens is 3. The molecule has 1 N–H and O–H groups in total. The highest BCUT2D eigenvalue weighted by molar-refractivity contribution is 6.31. The topological polar surface area (TPSA) is 55.1 Å². The van der Waals surface area contributed by atoms with Gasteiger partial charge in [-0.2, -0.15) is 5.10 Å². The van der Waals surface area contributed by atoms with E-state index in [0.29, 0.717) is 0 Å². The molecule has 0 saturated heterocycles. The number of aliphatic carboxylic acids is 1. The molecule has 1 atom stereocenters. The predicted octanol–water partition coefficient (Wildman–Crippen LogP) is 2.82. The zero-order chi connectivity index (χ0) is 12.5. The van der Waals surface area contributed by atoms with Crippen LogP contribution in [-0.4, -0.2) is 20.9 Å². The van der Waals surface area contributed by atoms with Gasteiger partial charge in [-0.05, 0) is 13.3 Å². The third kappa shape index (κ3) is 2.16. The fourth-order valence-electron chi connectivity index (χ4n) is 1.42. The molecule has 7 heteroatoms. The molecule has 0 aliphatic heterocycles. The van der Waals surface area contributed by atoms with Crippen LogP contribution in [0.3, 0.4) is 0 Å². The highest BCUT2D eigenvalue weighted by atomic mass is 35.5. The molecule has 1 unspecified atom stereocenters. The summed E-state index contributed by atoms with van der Waals surface area (Å²) in [5.74, 6) is -1.12. The van der Waals surface area contributed by atoms with Crippen molar-refractivity contribution in [1.29, 1.82) is 0 Å². The van der Waals surface area contributed by atoms with Crippen LogP contribution in [0.4, 0.5) is 8.78 Å². The lowest BCUT2D eigenvalue weighted by molar-refractivity contribution is -0.141. The number of carboxylic acid groups (broad SMARTS) is 1. The van der Waals surface area contributed by atoms with E-state index in [2.05, 4.69) is 5.10 Å². The zero-order valence-electron chi connectivity index (χ0n) is 8.75. The van der Waals surface area contributed by atoms with Gasteiger partial charge in [0.1, 0.15) is 11.7 Å². The Morgan fingerprint density at radius 3 is 2.50 bits per heavy atom. The van der Waals surface area contributed by atoms with Crippen molar-refractivity contribution in [3.05, 3.63) is 16.4 Å². The molecule has 0 aliphatic carbocycles. The van der Waals surface area contributed by atoms with Crippen LogP contribution in [0.1, 0.15) is 37.2 Å². The van der Waals surface area contributed by atoms with Crippen molar-refractivity contribution in [3.63, 3.8) is 0 Å². The smallest absolute Gasteiger partial charge is 0.328 e. The van der Waals surface area contributed by atoms with E-state index in [0.717, 1.165) is 4.68 Å². The van der Waals surface area contributed by atoms with Gasteiger partial charge in [-0.25, -0.2) is 13.6 Å². The Balaban J connectivity index is 3.24. The Bertz CT molecular complexity index is 406. The Morgan fingerprint density at radius 1 is 1.62 bits per heavy atom. The number of aromatic nitrogens is 2. The first-order valence-electron chi connectivity index (χ1n) is 4.65. The SMILES string of the molecule is CCC(C(=O)O)n1nc(C(F)F)c(Cl)c1C. The summed E-state index contributed by atoms with van der Waals surface area (Å²) in [4.78, 5) is 10.9. The van der Waals surface area contributed by atoms with Crippen LogP contribution in [-0.2, 0) is 4.79 Å². The number of hydrogen-bond acceptors (Lipinski definition) is 2. The molecular weight excluding hydrogens is 242 g/mol. The van der Waals surface area contributed by atoms with E-state index in [1.165, 1.54) is 6.92 Å². The maximum atomic E-state index is 12.5. The van der Waals surface area contributed by atoms with E-state index >= 15 is 0 Å². The minimum absolute atomic E-state index is 0.172. The maximum Gasteiger partial charge on any atom is 0.328 e. The largest absolute Gasteiger partial charge is 0.480 e. The van der Waals surface area contributed by atoms with Gasteiger partial charge in [0.25, 0.3) is 6.43 Å². The van der Waals surface area contributed by atoms with E-state index in [-0.39, 0.29) is 17.1 Å². The van der Waals surface area contributed by atoms with Gasteiger partial charge in [-0.15, -0.1) is 0 Å². The molecule has 0 saturated carbocycles. The molecular formula is C9H11ClF2N2O2. The minimum atomic E-state index is -2.81. The second-order valence-electron chi connectivity index (χ2n) is 3.29. The van der Waals surface area contributed by atoms with Gasteiger partial charge in [0.15, 0.2) is 0 Å². The van der Waals surface area contributed by atoms with Gasteiger partial charge in [0.2, 0.25) is 0 Å². The predicted molar refractivity (Wildman–Crippen MR) is 53.9 cm³/mol. The van der Waals surface area contributed by atoms with Crippen molar-refractivity contribution in [3.8, 4) is 0 Å². The number of nitrogens with zero attached hydrogens (tertiary/aromatic N) is 2. The molecule has 0 aromatic carbocycles. The molecule has 0 amide bonds. The molecule has 1 rings (SSSR count). The van der Waals surface area contributed by atoms with Crippen LogP contribution in [0.2, 0.25) is 5.02 Å². The normalized spacial score (nSPS) is 13.1. The third-order valence-electron chi connectivity index (χ3n) is 2.28. The van der Waals surface area contributed by atoms with Crippen molar-refractivity contribution in [2.75, 3.05) is 0 Å². The molecule has 0 spiro atoms. The molecule has 0 aliphatic rings. The van der Waals surface area contributed by atoms with Gasteiger partial charge >= 0.3 is 5.97 Å². The van der Waals surface area contributed by atoms with E-state index in [1.807, 2.05) is 0 Å². The summed E-state index contributed by atoms with van der Waals surface area (Å²) in [7, 11) is 0. The van der Waals surface area contributed by atoms with Gasteiger partial charge in [-0.3, -0.25) is 4.68 Å². The first kappa shape index (κ1) is 12.9. The first-order valence-corrected chi connectivity index (χ1v) is 5.03. The van der Waals surface area contributed by atoms with Crippen molar-refractivity contribution < 1.29 is 18.7 Å². The second kappa shape index (κ2) is 4.78. The lowest BCUT2D eigenvalue weighted by atomic mass is 10.2. The Morgan fingerprint density at radius 2 is 2.19 bits per heavy atom. The van der Waals surface area contributed by atoms with Crippen LogP contribution in [0.5, 0.6) is 0 Å². The van der Waals surface area contributed by atoms with Crippen LogP contribution in [0, 0.1) is 6.92 Å². The molecule has 16 heavy (non-hydrogen) atoms. The zero-order valence-corrected chi connectivity index (χ0v) is 9.50. The summed E-state index contributed by atoms with van der Waals surface area (Å²) in [5, 5.41) is 12.3. The average molecular weight is 253 g/mol. The van der Waals surface area contributed by atoms with Crippen molar-refractivity contribution in [2.24, 2.45) is 0 Å². The molecule has 1 aromatic heterocycles. The van der Waals surface area contributed by atoms with Gasteiger partial charge in [0.05, 0.1) is 10.7 Å². The lowest BCUT2D eigenvalue weighted by Crippen LogP contribution is -2.20. The lowest BCUT2D eigenvalue weighted by Gasteiger charge is -2.12. The third-order valence-corrected chi connectivity index (χ3v) is 2.74. The molecule has 90 valence electrons. The number of carbonyl (C=O) groups is 1. The van der Waals surface area contributed by atoms with Crippen molar-refractivity contribution >= 4 is 17.6 Å². The molecule has 1 aromatic rings. The summed E-state index contributed by atoms with van der Waals surface area (Å²) in [6.07, 6.45) is -2.56. The molecule has 1 heterocycles. The Hall–Kier alpha value is -1.17. The number of hydrogen-bond donors (Lipinski definition) is 1. The molecule has 0 radical (unpaired) electrons. The van der Waals surface area contributed by atoms with Crippen molar-refractivity contribution in [2.45, 2.75) is 32.7 Å². The van der Waals surface area contributed by atoms with E-state index in [4.69, 9.17) is 16.7 Å². The quantitative estimate of drug-likeness (QED) is 0.896. The van der Waals surface area contributed by atoms with Crippen LogP contribution in [0.25, 0.3) is 0 Å². The fraction of sp³-hybridized carbons (Fsp3) is 0.556. The van der Waals surface area contributed by atoms with Crippen LogP contribution >= 0.6 is 11.6 Å². The average Bonchev–Trinajstić information content (AvgIpc) is 2.47. The highest BCUT2D eigenvalue weighted by Crippen LogP contribution is 2.30. The number of rotatable bonds is 4. The summed E-state index contributed by atoms with van der Waals surface area (Å²) >= 11 is 5.66. The number of alkyl halides is 2. The van der Waals surface area contributed by atoms with Gasteiger partial charge < -0.3 is 5.11 Å². The van der Waals surface area contributed by atoms with Gasteiger partial charge in [-0.1, -0.05) is 18.5 Å². The molecule has 0 fully saturated rings. The highest BCUT2D eigenvalue weighted by Gasteiger charge is 2.26. The monoisotopic (exact) mass is 252 g/mol. The summed E-state index contributed by atoms with van der Waals surface area (Å²) < 4.78 is 26.0. The van der Waals surface area contributed by atoms with Crippen molar-refractivity contribution in [1.82, 2.24) is 9.78 Å². The summed E-state index contributed by atoms with van der Waals surface area (Å²) in [5.41, 5.74) is -0.329. The van der Waals surface area contributed by atoms with E-state index in [1.54, 1.807) is 6.92 Å². The Labute approximate surface area is 95.8 Å². The van der Waals surface area contributed by atoms with Crippen LogP contribution < -0.4 is 0 Å². The first-order chi connectivity index (χ1) is 7.40. The fourth-order valence-corrected chi connectivity index (χ4v) is 1.62. The van der Waals surface area contributed by atoms with Gasteiger partial charge in [0, 0.05) is 0 Å². The second-order valence-corrected chi connectivity index (χ2v) is 3.67. The number of carboxylic acids is 1. The summed E-state index contributed by atoms with van der Waals surface area (Å²) in [6.45, 7) is 3.10. The molecule has 0 bridgehead atoms. The standard InChI is InChI=1S/C9H11ClF2N2O2/c1-3-5(9(15)16)14-4(2)6(10)7(13-14)8(11)12/h5,8H,3H2,1-2H3,(H,15,16). The maximum absolute atomic E-state index is 12.5. The Kier molecular flexibility index (Phi) is 3.85. The van der Waals surface area contributed by atoms with E-state index < -0.39 is 24.1 Å². The van der Waals surface area contributed by atoms with Crippen LogP contribution in [0.15, 0.2) is 0 Å². The van der Waals surface area contributed by atoms with E-state index in [9.17, 15) is 13.6 Å². The minimum Gasteiger partial charge on any atom is -0.480 e.